The molecule has 0 atom stereocenters. The second-order valence-electron chi connectivity index (χ2n) is 5.41. The van der Waals surface area contributed by atoms with E-state index in [0.717, 1.165) is 32.1 Å². The predicted molar refractivity (Wildman–Crippen MR) is 79.8 cm³/mol. The summed E-state index contributed by atoms with van der Waals surface area (Å²) in [4.78, 5) is 35.9. The Balaban J connectivity index is 0.00000122. The molecule has 0 heterocycles. The fourth-order valence-corrected chi connectivity index (χ4v) is 4.53. The van der Waals surface area contributed by atoms with Gasteiger partial charge in [0, 0.05) is 6.42 Å². The van der Waals surface area contributed by atoms with Gasteiger partial charge < -0.3 is 30.0 Å². The second kappa shape index (κ2) is 8.75. The molecule has 0 aromatic rings. The van der Waals surface area contributed by atoms with Crippen LogP contribution in [-0.2, 0) is 9.13 Å². The zero-order valence-corrected chi connectivity index (χ0v) is 14.3. The largest absolute Gasteiger partial charge is 0.369 e. The van der Waals surface area contributed by atoms with Gasteiger partial charge in [0.2, 0.25) is 0 Å². The molecule has 0 aromatic heterocycles. The number of hydrogen-bond acceptors (Lipinski definition) is 4. The van der Waals surface area contributed by atoms with E-state index >= 15 is 0 Å². The summed E-state index contributed by atoms with van der Waals surface area (Å²) in [5.74, 6) is 0.170. The van der Waals surface area contributed by atoms with Crippen molar-refractivity contribution in [1.29, 1.82) is 0 Å². The third-order valence-corrected chi connectivity index (χ3v) is 7.42. The van der Waals surface area contributed by atoms with Gasteiger partial charge in [0.1, 0.15) is 0 Å². The van der Waals surface area contributed by atoms with Gasteiger partial charge in [-0.3, -0.25) is 9.13 Å². The van der Waals surface area contributed by atoms with Crippen LogP contribution in [0.25, 0.3) is 0 Å². The van der Waals surface area contributed by atoms with Gasteiger partial charge in [0.25, 0.3) is 5.08 Å². The van der Waals surface area contributed by atoms with Gasteiger partial charge in [0.05, 0.1) is 0 Å². The molecule has 0 bridgehead atoms. The van der Waals surface area contributed by atoms with E-state index in [2.05, 4.69) is 5.32 Å². The van der Waals surface area contributed by atoms with Crippen molar-refractivity contribution in [3.8, 4) is 0 Å². The fraction of sp³-hybridized carbons (Fsp3) is 1.00. The summed E-state index contributed by atoms with van der Waals surface area (Å²) in [5.41, 5.74) is 0. The third kappa shape index (κ3) is 6.47. The molecule has 6 N–H and O–H groups in total. The van der Waals surface area contributed by atoms with Crippen molar-refractivity contribution in [2.75, 3.05) is 14.1 Å². The normalized spacial score (nSPS) is 18.0. The lowest BCUT2D eigenvalue weighted by Gasteiger charge is -2.31. The van der Waals surface area contributed by atoms with Crippen LogP contribution in [0.2, 0.25) is 0 Å². The van der Waals surface area contributed by atoms with Crippen molar-refractivity contribution in [3.05, 3.63) is 0 Å². The molecule has 0 radical (unpaired) electrons. The third-order valence-electron chi connectivity index (χ3n) is 3.55. The van der Waals surface area contributed by atoms with E-state index in [4.69, 9.17) is 19.6 Å². The van der Waals surface area contributed by atoms with Gasteiger partial charge in [-0.15, -0.1) is 0 Å². The van der Waals surface area contributed by atoms with Crippen molar-refractivity contribution >= 4 is 15.2 Å². The highest BCUT2D eigenvalue weighted by molar-refractivity contribution is 7.72. The molecule has 128 valence electrons. The Morgan fingerprint density at radius 1 is 1.00 bits per heavy atom. The van der Waals surface area contributed by atoms with Gasteiger partial charge in [-0.25, -0.2) is 0 Å². The summed E-state index contributed by atoms with van der Waals surface area (Å²) < 4.78 is 22.2. The van der Waals surface area contributed by atoms with Crippen LogP contribution < -0.4 is 5.32 Å². The highest BCUT2D eigenvalue weighted by Gasteiger charge is 2.58. The van der Waals surface area contributed by atoms with E-state index in [1.807, 2.05) is 14.1 Å². The maximum atomic E-state index is 11.1. The highest BCUT2D eigenvalue weighted by atomic mass is 31.2. The fourth-order valence-electron chi connectivity index (χ4n) is 2.33. The number of nitrogens with one attached hydrogen (secondary N) is 1. The number of rotatable bonds is 5. The molecule has 1 aliphatic rings. The second-order valence-corrected chi connectivity index (χ2v) is 9.41. The van der Waals surface area contributed by atoms with E-state index in [-0.39, 0.29) is 12.3 Å². The highest BCUT2D eigenvalue weighted by Crippen LogP contribution is 2.69. The van der Waals surface area contributed by atoms with Crippen LogP contribution in [0.15, 0.2) is 0 Å². The molecule has 0 saturated heterocycles. The summed E-state index contributed by atoms with van der Waals surface area (Å²) in [6.07, 6.45) is 4.51. The summed E-state index contributed by atoms with van der Waals surface area (Å²) in [6.45, 7) is 0. The molecule has 1 saturated carbocycles. The lowest BCUT2D eigenvalue weighted by atomic mass is 9.86. The lowest BCUT2D eigenvalue weighted by Crippen LogP contribution is -2.29. The molecule has 0 unspecified atom stereocenters. The van der Waals surface area contributed by atoms with E-state index in [1.165, 1.54) is 0 Å². The first-order chi connectivity index (χ1) is 9.49. The molecule has 0 amide bonds. The predicted octanol–water partition coefficient (Wildman–Crippen LogP) is 1.18. The van der Waals surface area contributed by atoms with E-state index in [1.54, 1.807) is 0 Å². The van der Waals surface area contributed by atoms with Gasteiger partial charge in [0.15, 0.2) is 0 Å². The summed E-state index contributed by atoms with van der Waals surface area (Å²) in [7, 11) is -6.82. The first-order valence-electron chi connectivity index (χ1n) is 6.91. The van der Waals surface area contributed by atoms with Crippen LogP contribution in [-0.4, -0.2) is 43.9 Å². The van der Waals surface area contributed by atoms with Crippen LogP contribution in [0.3, 0.4) is 0 Å². The molecule has 0 aromatic carbocycles. The Hall–Kier alpha value is 0.220. The zero-order valence-electron chi connectivity index (χ0n) is 12.5. The van der Waals surface area contributed by atoms with Gasteiger partial charge >= 0.3 is 15.2 Å². The van der Waals surface area contributed by atoms with Crippen molar-refractivity contribution in [1.82, 2.24) is 5.32 Å². The Morgan fingerprint density at radius 2 is 1.38 bits per heavy atom. The number of hydrogen-bond donors (Lipinski definition) is 6. The Morgan fingerprint density at radius 3 is 1.71 bits per heavy atom. The average molecular weight is 347 g/mol. The molecule has 1 aliphatic carbocycles. The molecule has 1 fully saturated rings. The zero-order chi connectivity index (χ0) is 16.7. The van der Waals surface area contributed by atoms with Gasteiger partial charge in [-0.2, -0.15) is 0 Å². The standard InChI is InChI=1S/C9H20O7P2.C2H7N/c10-9(17(11,12)13,18(14,15)16)7-6-8-4-2-1-3-5-8;1-3-2/h8,10H,1-7H2,(H2,11,12,13)(H2,14,15,16);3H,1-2H3. The quantitative estimate of drug-likeness (QED) is 0.406. The summed E-state index contributed by atoms with van der Waals surface area (Å²) in [5, 5.41) is 9.20. The molecule has 0 spiro atoms. The van der Waals surface area contributed by atoms with Crippen molar-refractivity contribution in [3.63, 3.8) is 0 Å². The van der Waals surface area contributed by atoms with Gasteiger partial charge in [-0.1, -0.05) is 32.1 Å². The summed E-state index contributed by atoms with van der Waals surface area (Å²) >= 11 is 0. The van der Waals surface area contributed by atoms with Crippen LogP contribution in [0.4, 0.5) is 0 Å². The van der Waals surface area contributed by atoms with Crippen LogP contribution in [0.5, 0.6) is 0 Å². The number of aliphatic hydroxyl groups is 1. The molecule has 21 heavy (non-hydrogen) atoms. The minimum absolute atomic E-state index is 0.170. The maximum absolute atomic E-state index is 11.1. The van der Waals surface area contributed by atoms with Crippen LogP contribution in [0.1, 0.15) is 44.9 Å². The van der Waals surface area contributed by atoms with Crippen LogP contribution >= 0.6 is 15.2 Å². The Labute approximate surface area is 125 Å². The topological polar surface area (TPSA) is 147 Å². The molecule has 1 rings (SSSR count). The van der Waals surface area contributed by atoms with E-state index in [0.29, 0.717) is 0 Å². The minimum Gasteiger partial charge on any atom is -0.368 e. The Kier molecular flexibility index (Phi) is 8.84. The molecule has 10 heteroatoms. The SMILES string of the molecule is CNC.O=P(O)(O)C(O)(CCC1CCCCC1)P(=O)(O)O. The molecule has 8 nitrogen and oxygen atoms in total. The monoisotopic (exact) mass is 347 g/mol. The summed E-state index contributed by atoms with van der Waals surface area (Å²) in [6, 6.07) is 0. The van der Waals surface area contributed by atoms with Crippen molar-refractivity contribution < 1.29 is 33.8 Å². The van der Waals surface area contributed by atoms with Crippen LogP contribution in [0, 0.1) is 5.92 Å². The van der Waals surface area contributed by atoms with Gasteiger partial charge in [-0.05, 0) is 26.4 Å². The molecular weight excluding hydrogens is 320 g/mol. The molecular formula is C11H27NO7P2. The first kappa shape index (κ1) is 21.2. The van der Waals surface area contributed by atoms with Crippen molar-refractivity contribution in [2.24, 2.45) is 5.92 Å². The Bertz CT molecular complexity index is 364. The minimum atomic E-state index is -5.28. The van der Waals surface area contributed by atoms with E-state index < -0.39 is 26.7 Å². The smallest absolute Gasteiger partial charge is 0.368 e. The first-order valence-corrected chi connectivity index (χ1v) is 10.1. The molecule has 0 aliphatic heterocycles. The lowest BCUT2D eigenvalue weighted by molar-refractivity contribution is 0.113. The average Bonchev–Trinajstić information content (AvgIpc) is 2.35. The van der Waals surface area contributed by atoms with Crippen molar-refractivity contribution in [2.45, 2.75) is 50.0 Å². The van der Waals surface area contributed by atoms with E-state index in [9.17, 15) is 14.2 Å². The maximum Gasteiger partial charge on any atom is 0.369 e.